The lowest BCUT2D eigenvalue weighted by Crippen LogP contribution is -1.96. The first-order valence-electron chi connectivity index (χ1n) is 3.19. The highest BCUT2D eigenvalue weighted by Crippen LogP contribution is 2.03. The molecule has 0 amide bonds. The third kappa shape index (κ3) is 1.34. The zero-order chi connectivity index (χ0) is 8.43. The molecule has 0 aliphatic rings. The van der Waals surface area contributed by atoms with Crippen molar-refractivity contribution in [3.8, 4) is 0 Å². The molecule has 0 aromatic carbocycles. The average molecular weight is 156 g/mol. The Morgan fingerprint density at radius 1 is 1.73 bits per heavy atom. The van der Waals surface area contributed by atoms with Gasteiger partial charge in [0.1, 0.15) is 0 Å². The molecule has 1 aromatic heterocycles. The van der Waals surface area contributed by atoms with E-state index in [-0.39, 0.29) is 5.95 Å². The standard InChI is InChI=1S/C5H8N4O2/c1-3-4-6-5(9(10)11)7-8(4)2/h3H2,1-2H3. The van der Waals surface area contributed by atoms with Crippen LogP contribution in [0, 0.1) is 10.1 Å². The SMILES string of the molecule is CCc1nc([N+](=O)[O-])nn1C. The van der Waals surface area contributed by atoms with Crippen molar-refractivity contribution in [3.05, 3.63) is 15.9 Å². The first-order valence-corrected chi connectivity index (χ1v) is 3.19. The summed E-state index contributed by atoms with van der Waals surface area (Å²) in [5, 5.41) is 13.7. The summed E-state index contributed by atoms with van der Waals surface area (Å²) in [4.78, 5) is 13.2. The molecule has 1 heterocycles. The van der Waals surface area contributed by atoms with Gasteiger partial charge in [-0.1, -0.05) is 6.92 Å². The molecule has 0 spiro atoms. The maximum Gasteiger partial charge on any atom is 0.491 e. The number of nitrogens with zero attached hydrogens (tertiary/aromatic N) is 4. The van der Waals surface area contributed by atoms with Gasteiger partial charge >= 0.3 is 5.95 Å². The summed E-state index contributed by atoms with van der Waals surface area (Å²) in [6.07, 6.45) is 0.650. The van der Waals surface area contributed by atoms with E-state index in [0.717, 1.165) is 0 Å². The third-order valence-corrected chi connectivity index (χ3v) is 1.32. The molecule has 0 N–H and O–H groups in total. The molecule has 0 bridgehead atoms. The van der Waals surface area contributed by atoms with Gasteiger partial charge in [-0.25, -0.2) is 0 Å². The van der Waals surface area contributed by atoms with Crippen molar-refractivity contribution >= 4 is 5.95 Å². The Kier molecular flexibility index (Phi) is 1.84. The van der Waals surface area contributed by atoms with Crippen molar-refractivity contribution < 1.29 is 4.92 Å². The van der Waals surface area contributed by atoms with E-state index in [0.29, 0.717) is 12.2 Å². The largest absolute Gasteiger partial charge is 0.491 e. The minimum atomic E-state index is -0.598. The predicted molar refractivity (Wildman–Crippen MR) is 37.0 cm³/mol. The molecule has 0 fully saturated rings. The highest BCUT2D eigenvalue weighted by Gasteiger charge is 2.16. The maximum atomic E-state index is 10.1. The smallest absolute Gasteiger partial charge is 0.390 e. The number of hydrogen-bond acceptors (Lipinski definition) is 4. The van der Waals surface area contributed by atoms with Gasteiger partial charge in [0, 0.05) is 18.6 Å². The number of aromatic nitrogens is 3. The second kappa shape index (κ2) is 2.65. The van der Waals surface area contributed by atoms with Crippen LogP contribution >= 0.6 is 0 Å². The zero-order valence-corrected chi connectivity index (χ0v) is 6.31. The summed E-state index contributed by atoms with van der Waals surface area (Å²) in [7, 11) is 1.64. The monoisotopic (exact) mass is 156 g/mol. The molecule has 0 aliphatic heterocycles. The summed E-state index contributed by atoms with van der Waals surface area (Å²) in [6, 6.07) is 0. The van der Waals surface area contributed by atoms with Gasteiger partial charge in [-0.2, -0.15) is 4.68 Å². The van der Waals surface area contributed by atoms with Gasteiger partial charge in [0.05, 0.1) is 0 Å². The maximum absolute atomic E-state index is 10.1. The molecule has 6 heteroatoms. The predicted octanol–water partition coefficient (Wildman–Crippen LogP) is 0.286. The van der Waals surface area contributed by atoms with Crippen LogP contribution < -0.4 is 0 Å². The first-order chi connectivity index (χ1) is 5.15. The number of nitro groups is 1. The molecule has 60 valence electrons. The number of hydrogen-bond donors (Lipinski definition) is 0. The van der Waals surface area contributed by atoms with Gasteiger partial charge in [-0.15, -0.1) is 0 Å². The Hall–Kier alpha value is -1.46. The van der Waals surface area contributed by atoms with Gasteiger partial charge in [0.25, 0.3) is 0 Å². The number of rotatable bonds is 2. The van der Waals surface area contributed by atoms with Crippen LogP contribution in [0.5, 0.6) is 0 Å². The Labute approximate surface area is 63.0 Å². The van der Waals surface area contributed by atoms with Crippen LogP contribution in [0.3, 0.4) is 0 Å². The van der Waals surface area contributed by atoms with E-state index < -0.39 is 4.92 Å². The van der Waals surface area contributed by atoms with E-state index in [2.05, 4.69) is 10.1 Å². The van der Waals surface area contributed by atoms with Crippen LogP contribution in [0.15, 0.2) is 0 Å². The van der Waals surface area contributed by atoms with E-state index in [1.807, 2.05) is 6.92 Å². The summed E-state index contributed by atoms with van der Waals surface area (Å²) < 4.78 is 1.41. The fraction of sp³-hybridized carbons (Fsp3) is 0.600. The van der Waals surface area contributed by atoms with Crippen molar-refractivity contribution in [2.45, 2.75) is 13.3 Å². The van der Waals surface area contributed by atoms with E-state index in [1.54, 1.807) is 7.05 Å². The highest BCUT2D eigenvalue weighted by atomic mass is 16.6. The van der Waals surface area contributed by atoms with Crippen LogP contribution in [0.2, 0.25) is 0 Å². The molecule has 0 saturated carbocycles. The molecule has 0 saturated heterocycles. The third-order valence-electron chi connectivity index (χ3n) is 1.32. The van der Waals surface area contributed by atoms with Gasteiger partial charge in [-0.3, -0.25) is 0 Å². The molecular formula is C5H8N4O2. The molecule has 0 aliphatic carbocycles. The molecule has 11 heavy (non-hydrogen) atoms. The Balaban J connectivity index is 3.05. The van der Waals surface area contributed by atoms with Crippen molar-refractivity contribution in [1.82, 2.24) is 14.8 Å². The normalized spacial score (nSPS) is 10.0. The van der Waals surface area contributed by atoms with Crippen LogP contribution in [0.25, 0.3) is 0 Å². The Bertz CT molecular complexity index is 280. The lowest BCUT2D eigenvalue weighted by Gasteiger charge is -1.82. The second-order valence-electron chi connectivity index (χ2n) is 2.06. The van der Waals surface area contributed by atoms with E-state index in [9.17, 15) is 10.1 Å². The molecule has 0 atom stereocenters. The lowest BCUT2D eigenvalue weighted by atomic mass is 10.5. The van der Waals surface area contributed by atoms with Gasteiger partial charge in [0.15, 0.2) is 0 Å². The van der Waals surface area contributed by atoms with E-state index in [1.165, 1.54) is 4.68 Å². The molecule has 6 nitrogen and oxygen atoms in total. The fourth-order valence-corrected chi connectivity index (χ4v) is 0.787. The van der Waals surface area contributed by atoms with E-state index in [4.69, 9.17) is 0 Å². The van der Waals surface area contributed by atoms with Crippen LogP contribution in [0.1, 0.15) is 12.7 Å². The molecule has 1 aromatic rings. The Morgan fingerprint density at radius 3 is 2.64 bits per heavy atom. The van der Waals surface area contributed by atoms with Crippen LogP contribution in [-0.4, -0.2) is 19.7 Å². The first kappa shape index (κ1) is 7.64. The van der Waals surface area contributed by atoms with Crippen molar-refractivity contribution in [2.24, 2.45) is 7.05 Å². The quantitative estimate of drug-likeness (QED) is 0.455. The molecule has 1 rings (SSSR count). The average Bonchev–Trinajstić information content (AvgIpc) is 2.31. The van der Waals surface area contributed by atoms with Gasteiger partial charge < -0.3 is 10.1 Å². The summed E-state index contributed by atoms with van der Waals surface area (Å²) in [5.74, 6) is 0.293. The highest BCUT2D eigenvalue weighted by molar-refractivity contribution is 5.03. The van der Waals surface area contributed by atoms with Crippen LogP contribution in [0.4, 0.5) is 5.95 Å². The minimum absolute atomic E-state index is 0.329. The van der Waals surface area contributed by atoms with E-state index >= 15 is 0 Å². The van der Waals surface area contributed by atoms with Crippen LogP contribution in [-0.2, 0) is 13.5 Å². The molecular weight excluding hydrogens is 148 g/mol. The summed E-state index contributed by atoms with van der Waals surface area (Å²) >= 11 is 0. The topological polar surface area (TPSA) is 73.8 Å². The lowest BCUT2D eigenvalue weighted by molar-refractivity contribution is -0.394. The van der Waals surface area contributed by atoms with Crippen molar-refractivity contribution in [2.75, 3.05) is 0 Å². The number of aryl methyl sites for hydroxylation is 2. The molecule has 0 radical (unpaired) electrons. The van der Waals surface area contributed by atoms with Gasteiger partial charge in [0.2, 0.25) is 5.82 Å². The minimum Gasteiger partial charge on any atom is -0.390 e. The molecule has 0 unspecified atom stereocenters. The summed E-state index contributed by atoms with van der Waals surface area (Å²) in [5.41, 5.74) is 0. The van der Waals surface area contributed by atoms with Gasteiger partial charge in [-0.05, 0) is 9.91 Å². The van der Waals surface area contributed by atoms with Crippen molar-refractivity contribution in [3.63, 3.8) is 0 Å². The Morgan fingerprint density at radius 2 is 2.36 bits per heavy atom. The second-order valence-corrected chi connectivity index (χ2v) is 2.06. The zero-order valence-electron chi connectivity index (χ0n) is 6.31. The fourth-order valence-electron chi connectivity index (χ4n) is 0.787. The van der Waals surface area contributed by atoms with Crippen molar-refractivity contribution in [1.29, 1.82) is 0 Å². The summed E-state index contributed by atoms with van der Waals surface area (Å²) in [6.45, 7) is 1.87.